The van der Waals surface area contributed by atoms with E-state index in [-0.39, 0.29) is 92.6 Å². The summed E-state index contributed by atoms with van der Waals surface area (Å²) in [5.74, 6) is -8.51. The van der Waals surface area contributed by atoms with Gasteiger partial charge in [-0.25, -0.2) is 19.2 Å². The smallest absolute Gasteiger partial charge is 0.345 e. The molecule has 65 heavy (non-hydrogen) atoms. The Hall–Kier alpha value is -4.90. The highest BCUT2D eigenvalue weighted by molar-refractivity contribution is 6.42. The standard InChI is InChI=1S/C42H12Cl10O13/c43-17-4-11(24(48)22-23(17)42(65-40(22)60)15-6-19(45)30(54)26(50)33(15)61-34-16(42)7-20(46)31(55)27(34)51)38(58)63-36-21(47)8-14-35(28(36)52)62-32-13(5-18(44)29(53)25(32)49)41(14)12-2-1-9(37(56)57)3-10(12)39(59)64-41/h1-8,53-55H,(H,56,57). The van der Waals surface area contributed by atoms with Gasteiger partial charge in [0.25, 0.3) is 0 Å². The molecule has 0 bridgehead atoms. The molecular weight excluding hydrogens is 1070 g/mol. The van der Waals surface area contributed by atoms with Gasteiger partial charge in [0.05, 0.1) is 74.6 Å². The molecule has 0 radical (unpaired) electrons. The molecule has 1 atom stereocenters. The molecule has 4 aliphatic heterocycles. The Balaban J connectivity index is 1.13. The molecule has 2 spiro atoms. The molecule has 4 aliphatic rings. The van der Waals surface area contributed by atoms with Crippen LogP contribution in [0.5, 0.6) is 46.0 Å². The van der Waals surface area contributed by atoms with E-state index in [1.165, 1.54) is 36.4 Å². The van der Waals surface area contributed by atoms with Gasteiger partial charge in [0.2, 0.25) is 0 Å². The maximum atomic E-state index is 14.3. The average Bonchev–Trinajstić information content (AvgIpc) is 3.74. The summed E-state index contributed by atoms with van der Waals surface area (Å²) in [5, 5.41) is 37.6. The van der Waals surface area contributed by atoms with Crippen molar-refractivity contribution in [2.45, 2.75) is 11.2 Å². The number of phenolic OH excluding ortho intramolecular Hbond substituents is 3. The summed E-state index contributed by atoms with van der Waals surface area (Å²) in [6, 6.07) is 9.43. The van der Waals surface area contributed by atoms with Crippen molar-refractivity contribution < 1.29 is 63.3 Å². The van der Waals surface area contributed by atoms with E-state index in [0.717, 1.165) is 12.1 Å². The summed E-state index contributed by atoms with van der Waals surface area (Å²) in [4.78, 5) is 53.8. The maximum Gasteiger partial charge on any atom is 0.345 e. The number of carbonyl (C=O) groups is 4. The van der Waals surface area contributed by atoms with Gasteiger partial charge in [-0.05, 0) is 42.5 Å². The molecule has 0 aliphatic carbocycles. The Kier molecular flexibility index (Phi) is 10.0. The SMILES string of the molecule is O=C(O)c1ccc2c(c1)C(=O)OC21c2cc(Cl)c(O)c(Cl)c2Oc2c1cc(Cl)c(OC(=O)c1cc(Cl)c3c(c1Cl)C(=O)OC31c3cc(Cl)c(O)c(Cl)c3Oc3c1cc(Cl)c(O)c3Cl)c2Cl. The summed E-state index contributed by atoms with van der Waals surface area (Å²) in [6.45, 7) is 0. The molecule has 6 aromatic rings. The van der Waals surface area contributed by atoms with Crippen LogP contribution >= 0.6 is 116 Å². The van der Waals surface area contributed by atoms with Gasteiger partial charge >= 0.3 is 23.9 Å². The van der Waals surface area contributed by atoms with Crippen molar-refractivity contribution in [2.75, 3.05) is 0 Å². The number of hydrogen-bond donors (Lipinski definition) is 4. The van der Waals surface area contributed by atoms with Gasteiger partial charge in [-0.3, -0.25) is 0 Å². The number of phenols is 3. The van der Waals surface area contributed by atoms with E-state index in [2.05, 4.69) is 0 Å². The molecule has 0 amide bonds. The van der Waals surface area contributed by atoms with E-state index in [1.807, 2.05) is 0 Å². The monoisotopic (exact) mass is 1070 g/mol. The minimum absolute atomic E-state index is 0.0217. The van der Waals surface area contributed by atoms with Gasteiger partial charge in [-0.2, -0.15) is 0 Å². The van der Waals surface area contributed by atoms with E-state index < -0.39 is 94.3 Å². The number of esters is 3. The van der Waals surface area contributed by atoms with E-state index in [9.17, 15) is 39.6 Å². The normalized spacial score (nSPS) is 16.6. The molecule has 13 nitrogen and oxygen atoms in total. The number of carboxylic acid groups (broad SMARTS) is 1. The summed E-state index contributed by atoms with van der Waals surface area (Å²) < 4.78 is 30.0. The van der Waals surface area contributed by atoms with Gasteiger partial charge < -0.3 is 44.1 Å². The number of carbonyl (C=O) groups excluding carboxylic acids is 3. The third-order valence-electron chi connectivity index (χ3n) is 11.0. The number of halogens is 10. The lowest BCUT2D eigenvalue weighted by atomic mass is 9.77. The third kappa shape index (κ3) is 5.81. The predicted octanol–water partition coefficient (Wildman–Crippen LogP) is 13.4. The molecule has 6 aromatic carbocycles. The van der Waals surface area contributed by atoms with Crippen LogP contribution in [-0.4, -0.2) is 44.3 Å². The lowest BCUT2D eigenvalue weighted by molar-refractivity contribution is 0.0214. The first kappa shape index (κ1) is 44.0. The lowest BCUT2D eigenvalue weighted by Crippen LogP contribution is -2.33. The highest BCUT2D eigenvalue weighted by Gasteiger charge is 2.59. The lowest BCUT2D eigenvalue weighted by Gasteiger charge is -2.38. The molecule has 0 aromatic heterocycles. The van der Waals surface area contributed by atoms with Crippen molar-refractivity contribution in [3.63, 3.8) is 0 Å². The molecular formula is C42H12Cl10O13. The zero-order valence-corrected chi connectivity index (χ0v) is 38.4. The van der Waals surface area contributed by atoms with Crippen LogP contribution in [0.3, 0.4) is 0 Å². The number of benzene rings is 6. The Morgan fingerprint density at radius 2 is 0.985 bits per heavy atom. The number of rotatable bonds is 3. The van der Waals surface area contributed by atoms with Gasteiger partial charge in [-0.15, -0.1) is 0 Å². The maximum absolute atomic E-state index is 14.3. The number of aromatic hydroxyl groups is 3. The number of aromatic carboxylic acids is 1. The first-order valence-electron chi connectivity index (χ1n) is 17.8. The van der Waals surface area contributed by atoms with E-state index >= 15 is 0 Å². The van der Waals surface area contributed by atoms with Gasteiger partial charge in [0.1, 0.15) is 20.1 Å². The molecule has 328 valence electrons. The highest BCUT2D eigenvalue weighted by Crippen LogP contribution is 2.66. The zero-order chi connectivity index (χ0) is 46.7. The molecule has 0 saturated heterocycles. The largest absolute Gasteiger partial charge is 0.505 e. The number of hydrogen-bond acceptors (Lipinski definition) is 12. The van der Waals surface area contributed by atoms with Crippen molar-refractivity contribution in [3.8, 4) is 46.0 Å². The van der Waals surface area contributed by atoms with Crippen molar-refractivity contribution in [1.82, 2.24) is 0 Å². The number of fused-ring (bicyclic) bond motifs is 12. The molecule has 4 N–H and O–H groups in total. The third-order valence-corrected chi connectivity index (χ3v) is 14.3. The minimum Gasteiger partial charge on any atom is -0.505 e. The van der Waals surface area contributed by atoms with Crippen molar-refractivity contribution >= 4 is 140 Å². The van der Waals surface area contributed by atoms with Crippen LogP contribution in [-0.2, 0) is 20.7 Å². The second kappa shape index (κ2) is 14.8. The average molecular weight is 1080 g/mol. The number of carboxylic acids is 1. The Morgan fingerprint density at radius 1 is 0.523 bits per heavy atom. The van der Waals surface area contributed by atoms with E-state index in [4.69, 9.17) is 140 Å². The molecule has 4 heterocycles. The van der Waals surface area contributed by atoms with Crippen LogP contribution in [0.1, 0.15) is 74.8 Å². The van der Waals surface area contributed by atoms with Gasteiger partial charge in [-0.1, -0.05) is 122 Å². The van der Waals surface area contributed by atoms with Crippen LogP contribution in [0.2, 0.25) is 50.2 Å². The van der Waals surface area contributed by atoms with E-state index in [1.54, 1.807) is 0 Å². The second-order valence-electron chi connectivity index (χ2n) is 14.3. The fraction of sp³-hybridized carbons (Fsp3) is 0.0476. The second-order valence-corrected chi connectivity index (χ2v) is 18.3. The van der Waals surface area contributed by atoms with Crippen molar-refractivity contribution in [1.29, 1.82) is 0 Å². The van der Waals surface area contributed by atoms with Gasteiger partial charge in [0, 0.05) is 11.1 Å². The Labute approximate surface area is 411 Å². The summed E-state index contributed by atoms with van der Waals surface area (Å²) in [7, 11) is 0. The Morgan fingerprint density at radius 3 is 1.49 bits per heavy atom. The fourth-order valence-electron chi connectivity index (χ4n) is 8.27. The zero-order valence-electron chi connectivity index (χ0n) is 30.9. The molecule has 23 heteroatoms. The fourth-order valence-corrected chi connectivity index (χ4v) is 11.0. The molecule has 10 rings (SSSR count). The quantitative estimate of drug-likeness (QED) is 0.0966. The van der Waals surface area contributed by atoms with Crippen molar-refractivity contribution in [3.05, 3.63) is 154 Å². The predicted molar refractivity (Wildman–Crippen MR) is 236 cm³/mol. The van der Waals surface area contributed by atoms with E-state index in [0.29, 0.717) is 0 Å². The van der Waals surface area contributed by atoms with Crippen LogP contribution in [0.4, 0.5) is 0 Å². The topological polar surface area (TPSA) is 195 Å². The minimum atomic E-state index is -2.20. The van der Waals surface area contributed by atoms with Crippen LogP contribution in [0.25, 0.3) is 0 Å². The summed E-state index contributed by atoms with van der Waals surface area (Å²) >= 11 is 66.2. The van der Waals surface area contributed by atoms with Crippen molar-refractivity contribution in [2.24, 2.45) is 0 Å². The molecule has 0 saturated carbocycles. The highest BCUT2D eigenvalue weighted by atomic mass is 35.5. The molecule has 0 fully saturated rings. The summed E-state index contributed by atoms with van der Waals surface area (Å²) in [6.07, 6.45) is 0. The Bertz CT molecular complexity index is 3290. The first-order valence-corrected chi connectivity index (χ1v) is 21.5. The first-order chi connectivity index (χ1) is 30.6. The van der Waals surface area contributed by atoms with Crippen LogP contribution in [0.15, 0.2) is 48.5 Å². The van der Waals surface area contributed by atoms with Crippen LogP contribution < -0.4 is 14.2 Å². The summed E-state index contributed by atoms with van der Waals surface area (Å²) in [5.41, 5.74) is -6.09. The molecule has 1 unspecified atom stereocenters. The van der Waals surface area contributed by atoms with Gasteiger partial charge in [0.15, 0.2) is 57.2 Å². The van der Waals surface area contributed by atoms with Crippen LogP contribution in [0, 0.1) is 0 Å². The number of ether oxygens (including phenoxy) is 5.